The van der Waals surface area contributed by atoms with Crippen molar-refractivity contribution in [1.82, 2.24) is 5.32 Å². The molecule has 2 aliphatic rings. The zero-order valence-electron chi connectivity index (χ0n) is 14.9. The summed E-state index contributed by atoms with van der Waals surface area (Å²) in [6.07, 6.45) is 6.12. The van der Waals surface area contributed by atoms with E-state index in [0.29, 0.717) is 6.61 Å². The maximum absolute atomic E-state index is 12.3. The van der Waals surface area contributed by atoms with Crippen molar-refractivity contribution >= 4 is 11.8 Å². The maximum Gasteiger partial charge on any atom is 0.332 e. The van der Waals surface area contributed by atoms with Gasteiger partial charge in [0.05, 0.1) is 12.0 Å². The number of ether oxygens (including phenoxy) is 1. The Morgan fingerprint density at radius 1 is 1.43 bits per heavy atom. The molecule has 0 aromatic carbocycles. The first kappa shape index (κ1) is 17.5. The lowest BCUT2D eigenvalue weighted by molar-refractivity contribution is -0.137. The minimum atomic E-state index is -0.427. The molecule has 0 aromatic heterocycles. The minimum Gasteiger partial charge on any atom is -0.463 e. The molecule has 23 heavy (non-hydrogen) atoms. The Bertz CT molecular complexity index is 623. The van der Waals surface area contributed by atoms with Crippen LogP contribution in [0, 0.1) is 11.3 Å². The molecule has 1 aliphatic heterocycles. The smallest absolute Gasteiger partial charge is 0.332 e. The summed E-state index contributed by atoms with van der Waals surface area (Å²) in [5.41, 5.74) is 2.02. The van der Waals surface area contributed by atoms with E-state index >= 15 is 0 Å². The molecule has 2 rings (SSSR count). The third kappa shape index (κ3) is 3.26. The van der Waals surface area contributed by atoms with Crippen LogP contribution in [0.15, 0.2) is 35.1 Å². The van der Waals surface area contributed by atoms with Gasteiger partial charge in [0.25, 0.3) is 0 Å². The molecule has 1 aliphatic carbocycles. The number of carbonyl (C=O) groups is 2. The van der Waals surface area contributed by atoms with Gasteiger partial charge in [0.15, 0.2) is 5.78 Å². The number of nitrogens with one attached hydrogen (secondary N) is 1. The zero-order valence-corrected chi connectivity index (χ0v) is 14.9. The van der Waals surface area contributed by atoms with E-state index in [9.17, 15) is 9.59 Å². The SMILES string of the molecule is CCOC(=O)/C=C1\NC(C)(C)CC12C=C(C(C)C)C(=O)C=C2C. The van der Waals surface area contributed by atoms with Gasteiger partial charge in [0, 0.05) is 17.3 Å². The molecule has 126 valence electrons. The second-order valence-electron chi connectivity index (χ2n) is 7.41. The highest BCUT2D eigenvalue weighted by atomic mass is 16.5. The predicted molar refractivity (Wildman–Crippen MR) is 90.7 cm³/mol. The number of rotatable bonds is 3. The monoisotopic (exact) mass is 317 g/mol. The van der Waals surface area contributed by atoms with E-state index in [1.807, 2.05) is 20.8 Å². The van der Waals surface area contributed by atoms with E-state index in [4.69, 9.17) is 4.74 Å². The third-order valence-corrected chi connectivity index (χ3v) is 4.58. The van der Waals surface area contributed by atoms with Gasteiger partial charge in [-0.2, -0.15) is 0 Å². The number of carbonyl (C=O) groups excluding carboxylic acids is 2. The zero-order chi connectivity index (χ0) is 17.4. The Hall–Kier alpha value is -1.84. The summed E-state index contributed by atoms with van der Waals surface area (Å²) in [6, 6.07) is 0. The highest BCUT2D eigenvalue weighted by molar-refractivity contribution is 6.06. The van der Waals surface area contributed by atoms with E-state index in [1.54, 1.807) is 19.1 Å². The van der Waals surface area contributed by atoms with Crippen LogP contribution in [0.5, 0.6) is 0 Å². The Balaban J connectivity index is 2.56. The van der Waals surface area contributed by atoms with Gasteiger partial charge < -0.3 is 10.1 Å². The van der Waals surface area contributed by atoms with E-state index in [0.717, 1.165) is 23.3 Å². The Kier molecular flexibility index (Phi) is 4.56. The first-order valence-corrected chi connectivity index (χ1v) is 8.24. The van der Waals surface area contributed by atoms with Gasteiger partial charge >= 0.3 is 5.97 Å². The molecule has 1 atom stereocenters. The van der Waals surface area contributed by atoms with Crippen molar-refractivity contribution in [2.24, 2.45) is 11.3 Å². The molecule has 1 saturated heterocycles. The molecular weight excluding hydrogens is 290 g/mol. The number of hydrogen-bond acceptors (Lipinski definition) is 4. The Morgan fingerprint density at radius 2 is 2.09 bits per heavy atom. The second kappa shape index (κ2) is 5.99. The first-order valence-electron chi connectivity index (χ1n) is 8.24. The maximum atomic E-state index is 12.3. The minimum absolute atomic E-state index is 0.0725. The van der Waals surface area contributed by atoms with Crippen molar-refractivity contribution in [3.05, 3.63) is 35.1 Å². The molecule has 4 nitrogen and oxygen atoms in total. The molecule has 4 heteroatoms. The van der Waals surface area contributed by atoms with E-state index in [1.165, 1.54) is 0 Å². The molecule has 1 N–H and O–H groups in total. The van der Waals surface area contributed by atoms with Crippen LogP contribution in [-0.2, 0) is 14.3 Å². The summed E-state index contributed by atoms with van der Waals surface area (Å²) in [4.78, 5) is 24.3. The number of hydrogen-bond donors (Lipinski definition) is 1. The fourth-order valence-corrected chi connectivity index (χ4v) is 3.57. The quantitative estimate of drug-likeness (QED) is 0.641. The third-order valence-electron chi connectivity index (χ3n) is 4.58. The fraction of sp³-hybridized carbons (Fsp3) is 0.579. The first-order chi connectivity index (χ1) is 10.6. The van der Waals surface area contributed by atoms with Crippen LogP contribution in [0.25, 0.3) is 0 Å². The van der Waals surface area contributed by atoms with Gasteiger partial charge in [0.2, 0.25) is 0 Å². The summed E-state index contributed by atoms with van der Waals surface area (Å²) < 4.78 is 5.07. The average Bonchev–Trinajstić information content (AvgIpc) is 2.65. The lowest BCUT2D eigenvalue weighted by atomic mass is 9.68. The molecule has 1 unspecified atom stereocenters. The molecule has 1 fully saturated rings. The van der Waals surface area contributed by atoms with Crippen LogP contribution < -0.4 is 5.32 Å². The van der Waals surface area contributed by atoms with Gasteiger partial charge in [-0.1, -0.05) is 25.5 Å². The van der Waals surface area contributed by atoms with E-state index in [-0.39, 0.29) is 23.2 Å². The number of ketones is 1. The molecule has 0 saturated carbocycles. The van der Waals surface area contributed by atoms with Crippen molar-refractivity contribution in [3.8, 4) is 0 Å². The predicted octanol–water partition coefficient (Wildman–Crippen LogP) is 3.30. The second-order valence-corrected chi connectivity index (χ2v) is 7.41. The standard InChI is InChI=1S/C19H27NO3/c1-7-23-17(22)9-16-19(11-18(5,6)20-16)10-14(12(2)3)15(21)8-13(19)4/h8-10,12,20H,7,11H2,1-6H3/b16-9-. The molecule has 0 bridgehead atoms. The van der Waals surface area contributed by atoms with Gasteiger partial charge in [0.1, 0.15) is 0 Å². The number of esters is 1. The molecule has 0 radical (unpaired) electrons. The normalized spacial score (nSPS) is 28.0. The topological polar surface area (TPSA) is 55.4 Å². The van der Waals surface area contributed by atoms with Gasteiger partial charge in [-0.3, -0.25) is 4.79 Å². The van der Waals surface area contributed by atoms with Crippen LogP contribution in [0.3, 0.4) is 0 Å². The van der Waals surface area contributed by atoms with Crippen LogP contribution in [0.1, 0.15) is 48.0 Å². The van der Waals surface area contributed by atoms with Crippen molar-refractivity contribution in [2.75, 3.05) is 6.61 Å². The molecule has 0 amide bonds. The van der Waals surface area contributed by atoms with Crippen molar-refractivity contribution in [3.63, 3.8) is 0 Å². The average molecular weight is 317 g/mol. The molecule has 1 spiro atoms. The summed E-state index contributed by atoms with van der Waals surface area (Å²) in [6.45, 7) is 12.4. The van der Waals surface area contributed by atoms with Crippen LogP contribution >= 0.6 is 0 Å². The summed E-state index contributed by atoms with van der Waals surface area (Å²) >= 11 is 0. The van der Waals surface area contributed by atoms with Gasteiger partial charge in [-0.25, -0.2) is 4.79 Å². The summed E-state index contributed by atoms with van der Waals surface area (Å²) in [5.74, 6) is -0.129. The Morgan fingerprint density at radius 3 is 2.65 bits per heavy atom. The fourth-order valence-electron chi connectivity index (χ4n) is 3.57. The molecule has 1 heterocycles. The lowest BCUT2D eigenvalue weighted by Gasteiger charge is -2.33. The lowest BCUT2D eigenvalue weighted by Crippen LogP contribution is -2.31. The highest BCUT2D eigenvalue weighted by Gasteiger charge is 2.49. The van der Waals surface area contributed by atoms with Crippen LogP contribution in [-0.4, -0.2) is 23.9 Å². The van der Waals surface area contributed by atoms with Gasteiger partial charge in [-0.05, 0) is 51.7 Å². The van der Waals surface area contributed by atoms with Crippen LogP contribution in [0.2, 0.25) is 0 Å². The van der Waals surface area contributed by atoms with Crippen LogP contribution in [0.4, 0.5) is 0 Å². The molecule has 0 aromatic rings. The largest absolute Gasteiger partial charge is 0.463 e. The van der Waals surface area contributed by atoms with Crippen molar-refractivity contribution in [2.45, 2.75) is 53.5 Å². The summed E-state index contributed by atoms with van der Waals surface area (Å²) in [7, 11) is 0. The highest BCUT2D eigenvalue weighted by Crippen LogP contribution is 2.51. The summed E-state index contributed by atoms with van der Waals surface area (Å²) in [5, 5.41) is 3.45. The van der Waals surface area contributed by atoms with Crippen molar-refractivity contribution in [1.29, 1.82) is 0 Å². The van der Waals surface area contributed by atoms with Crippen molar-refractivity contribution < 1.29 is 14.3 Å². The van der Waals surface area contributed by atoms with E-state index < -0.39 is 5.41 Å². The number of allylic oxidation sites excluding steroid dienone is 3. The van der Waals surface area contributed by atoms with E-state index in [2.05, 4.69) is 25.2 Å². The van der Waals surface area contributed by atoms with Gasteiger partial charge in [-0.15, -0.1) is 0 Å². The molecular formula is C19H27NO3. The Labute approximate surface area is 138 Å².